The van der Waals surface area contributed by atoms with Gasteiger partial charge in [0.1, 0.15) is 5.75 Å². The molecule has 0 saturated heterocycles. The van der Waals surface area contributed by atoms with E-state index in [-0.39, 0.29) is 5.75 Å². The molecule has 0 amide bonds. The zero-order valence-corrected chi connectivity index (χ0v) is 12.6. The molecule has 0 aliphatic rings. The summed E-state index contributed by atoms with van der Waals surface area (Å²) >= 11 is 5.88. The second-order valence-corrected chi connectivity index (χ2v) is 5.65. The Morgan fingerprint density at radius 2 is 1.75 bits per heavy atom. The Morgan fingerprint density at radius 3 is 2.40 bits per heavy atom. The molecule has 0 saturated carbocycles. The van der Waals surface area contributed by atoms with Crippen molar-refractivity contribution in [1.82, 2.24) is 5.32 Å². The Balaban J connectivity index is 1.91. The van der Waals surface area contributed by atoms with Crippen molar-refractivity contribution in [3.8, 4) is 5.75 Å². The van der Waals surface area contributed by atoms with Gasteiger partial charge in [0.05, 0.1) is 5.02 Å². The highest BCUT2D eigenvalue weighted by molar-refractivity contribution is 6.32. The molecule has 2 N–H and O–H groups in total. The number of phenolic OH excluding ortho intramolecular Hbond substituents is 1. The third kappa shape index (κ3) is 3.75. The minimum absolute atomic E-state index is 0.164. The van der Waals surface area contributed by atoms with Crippen molar-refractivity contribution in [2.24, 2.45) is 0 Å². The Hall–Kier alpha value is -1.51. The fourth-order valence-corrected chi connectivity index (χ4v) is 2.26. The molecule has 0 heterocycles. The molecule has 0 spiro atoms. The van der Waals surface area contributed by atoms with Gasteiger partial charge in [-0.3, -0.25) is 0 Å². The molecule has 2 aromatic carbocycles. The summed E-state index contributed by atoms with van der Waals surface area (Å²) in [6.07, 6.45) is 0. The largest absolute Gasteiger partial charge is 0.506 e. The number of benzene rings is 2. The van der Waals surface area contributed by atoms with Gasteiger partial charge in [0.2, 0.25) is 0 Å². The molecule has 0 aliphatic heterocycles. The summed E-state index contributed by atoms with van der Waals surface area (Å²) in [4.78, 5) is 0. The molecule has 0 aromatic heterocycles. The van der Waals surface area contributed by atoms with E-state index in [1.165, 1.54) is 11.1 Å². The van der Waals surface area contributed by atoms with Crippen LogP contribution >= 0.6 is 11.6 Å². The maximum atomic E-state index is 9.82. The molecule has 2 nitrogen and oxygen atoms in total. The summed E-state index contributed by atoms with van der Waals surface area (Å²) in [6, 6.07) is 14.0. The lowest BCUT2D eigenvalue weighted by atomic mass is 10.0. The first-order chi connectivity index (χ1) is 9.58. The molecule has 0 bridgehead atoms. The van der Waals surface area contributed by atoms with Crippen LogP contribution in [0.15, 0.2) is 42.5 Å². The van der Waals surface area contributed by atoms with Gasteiger partial charge in [-0.25, -0.2) is 0 Å². The van der Waals surface area contributed by atoms with Crippen LogP contribution in [0, 0.1) is 0 Å². The molecule has 0 radical (unpaired) electrons. The predicted octanol–water partition coefficient (Wildman–Crippen LogP) is 4.46. The van der Waals surface area contributed by atoms with E-state index in [0.29, 0.717) is 17.5 Å². The van der Waals surface area contributed by atoms with Crippen LogP contribution < -0.4 is 5.32 Å². The maximum Gasteiger partial charge on any atom is 0.138 e. The molecule has 2 aromatic rings. The van der Waals surface area contributed by atoms with Crippen LogP contribution in [0.1, 0.15) is 36.5 Å². The number of nitrogens with one attached hydrogen (secondary N) is 1. The van der Waals surface area contributed by atoms with E-state index in [1.807, 2.05) is 12.1 Å². The molecule has 20 heavy (non-hydrogen) atoms. The molecule has 2 rings (SSSR count). The van der Waals surface area contributed by atoms with E-state index in [0.717, 1.165) is 12.1 Å². The number of para-hydroxylation sites is 1. The van der Waals surface area contributed by atoms with Gasteiger partial charge in [-0.15, -0.1) is 0 Å². The Labute approximate surface area is 125 Å². The van der Waals surface area contributed by atoms with E-state index >= 15 is 0 Å². The number of halogens is 1. The van der Waals surface area contributed by atoms with Gasteiger partial charge in [0.15, 0.2) is 0 Å². The standard InChI is InChI=1S/C17H20ClNO/c1-12(2)14-8-6-13(7-9-14)10-19-11-15-4-3-5-16(18)17(15)20/h3-9,12,19-20H,10-11H2,1-2H3. The molecular weight excluding hydrogens is 270 g/mol. The highest BCUT2D eigenvalue weighted by Crippen LogP contribution is 2.26. The van der Waals surface area contributed by atoms with Crippen LogP contribution in [0.5, 0.6) is 5.75 Å². The molecule has 0 atom stereocenters. The lowest BCUT2D eigenvalue weighted by Gasteiger charge is -2.09. The van der Waals surface area contributed by atoms with Crippen molar-refractivity contribution in [2.45, 2.75) is 32.9 Å². The molecule has 106 valence electrons. The first kappa shape index (κ1) is 14.9. The number of phenols is 1. The zero-order chi connectivity index (χ0) is 14.5. The van der Waals surface area contributed by atoms with Crippen LogP contribution in [0.2, 0.25) is 5.02 Å². The number of hydrogen-bond donors (Lipinski definition) is 2. The Morgan fingerprint density at radius 1 is 1.05 bits per heavy atom. The quantitative estimate of drug-likeness (QED) is 0.852. The average Bonchev–Trinajstić information content (AvgIpc) is 2.44. The van der Waals surface area contributed by atoms with E-state index in [4.69, 9.17) is 11.6 Å². The van der Waals surface area contributed by atoms with Crippen molar-refractivity contribution in [3.63, 3.8) is 0 Å². The van der Waals surface area contributed by atoms with Gasteiger partial charge >= 0.3 is 0 Å². The summed E-state index contributed by atoms with van der Waals surface area (Å²) in [7, 11) is 0. The van der Waals surface area contributed by atoms with Gasteiger partial charge in [-0.05, 0) is 23.1 Å². The first-order valence-electron chi connectivity index (χ1n) is 6.84. The average molecular weight is 290 g/mol. The maximum absolute atomic E-state index is 9.82. The van der Waals surface area contributed by atoms with E-state index < -0.39 is 0 Å². The van der Waals surface area contributed by atoms with Gasteiger partial charge in [-0.1, -0.05) is 61.8 Å². The SMILES string of the molecule is CC(C)c1ccc(CNCc2cccc(Cl)c2O)cc1. The molecular formula is C17H20ClNO. The molecule has 3 heteroatoms. The van der Waals surface area contributed by atoms with Gasteiger partial charge in [-0.2, -0.15) is 0 Å². The Kier molecular flexibility index (Phi) is 5.05. The van der Waals surface area contributed by atoms with E-state index in [9.17, 15) is 5.11 Å². The highest BCUT2D eigenvalue weighted by Gasteiger charge is 2.04. The van der Waals surface area contributed by atoms with Gasteiger partial charge in [0, 0.05) is 18.7 Å². The van der Waals surface area contributed by atoms with Crippen molar-refractivity contribution < 1.29 is 5.11 Å². The first-order valence-corrected chi connectivity index (χ1v) is 7.21. The zero-order valence-electron chi connectivity index (χ0n) is 11.9. The predicted molar refractivity (Wildman–Crippen MR) is 84.2 cm³/mol. The summed E-state index contributed by atoms with van der Waals surface area (Å²) in [5, 5.41) is 13.5. The monoisotopic (exact) mass is 289 g/mol. The lowest BCUT2D eigenvalue weighted by Crippen LogP contribution is -2.12. The number of aromatic hydroxyl groups is 1. The summed E-state index contributed by atoms with van der Waals surface area (Å²) in [6.45, 7) is 5.74. The molecule has 0 unspecified atom stereocenters. The van der Waals surface area contributed by atoms with Crippen molar-refractivity contribution in [2.75, 3.05) is 0 Å². The third-order valence-electron chi connectivity index (χ3n) is 3.36. The van der Waals surface area contributed by atoms with Gasteiger partial charge in [0.25, 0.3) is 0 Å². The number of rotatable bonds is 5. The third-order valence-corrected chi connectivity index (χ3v) is 3.67. The van der Waals surface area contributed by atoms with Crippen molar-refractivity contribution in [3.05, 3.63) is 64.2 Å². The minimum Gasteiger partial charge on any atom is -0.506 e. The van der Waals surface area contributed by atoms with Crippen LogP contribution in [0.3, 0.4) is 0 Å². The van der Waals surface area contributed by atoms with Crippen molar-refractivity contribution >= 4 is 11.6 Å². The second kappa shape index (κ2) is 6.78. The molecule has 0 aliphatic carbocycles. The van der Waals surface area contributed by atoms with Crippen LogP contribution in [-0.4, -0.2) is 5.11 Å². The van der Waals surface area contributed by atoms with Crippen molar-refractivity contribution in [1.29, 1.82) is 0 Å². The summed E-state index contributed by atoms with van der Waals surface area (Å²) in [5.41, 5.74) is 3.40. The summed E-state index contributed by atoms with van der Waals surface area (Å²) < 4.78 is 0. The highest BCUT2D eigenvalue weighted by atomic mass is 35.5. The fraction of sp³-hybridized carbons (Fsp3) is 0.294. The van der Waals surface area contributed by atoms with Crippen LogP contribution in [-0.2, 0) is 13.1 Å². The minimum atomic E-state index is 0.164. The second-order valence-electron chi connectivity index (χ2n) is 5.25. The smallest absolute Gasteiger partial charge is 0.138 e. The molecule has 0 fully saturated rings. The van der Waals surface area contributed by atoms with E-state index in [2.05, 4.69) is 43.4 Å². The van der Waals surface area contributed by atoms with Crippen LogP contribution in [0.4, 0.5) is 0 Å². The fourth-order valence-electron chi connectivity index (χ4n) is 2.06. The normalized spacial score (nSPS) is 11.0. The van der Waals surface area contributed by atoms with Crippen LogP contribution in [0.25, 0.3) is 0 Å². The number of hydrogen-bond acceptors (Lipinski definition) is 2. The lowest BCUT2D eigenvalue weighted by molar-refractivity contribution is 0.464. The van der Waals surface area contributed by atoms with E-state index in [1.54, 1.807) is 6.07 Å². The summed E-state index contributed by atoms with van der Waals surface area (Å²) in [5.74, 6) is 0.720. The topological polar surface area (TPSA) is 32.3 Å². The Bertz CT molecular complexity index is 564. The van der Waals surface area contributed by atoms with Gasteiger partial charge < -0.3 is 10.4 Å².